The summed E-state index contributed by atoms with van der Waals surface area (Å²) < 4.78 is 43.5. The number of imidazole rings is 1. The maximum absolute atomic E-state index is 12.3. The summed E-state index contributed by atoms with van der Waals surface area (Å²) in [5, 5.41) is 0. The minimum absolute atomic E-state index is 0.0855. The molecule has 6 heteroatoms. The van der Waals surface area contributed by atoms with Crippen LogP contribution in [0.2, 0.25) is 0 Å². The van der Waals surface area contributed by atoms with Crippen LogP contribution in [0, 0.1) is 0 Å². The van der Waals surface area contributed by atoms with Crippen molar-refractivity contribution in [3.8, 4) is 0 Å². The fourth-order valence-corrected chi connectivity index (χ4v) is 1.67. The maximum atomic E-state index is 12.3. The van der Waals surface area contributed by atoms with Crippen molar-refractivity contribution in [3.63, 3.8) is 0 Å². The van der Waals surface area contributed by atoms with E-state index in [1.54, 1.807) is 0 Å². The number of nitrogens with zero attached hydrogens (tertiary/aromatic N) is 2. The SMILES string of the molecule is FC(F)(F)c1cn(C2CCOCC2)cn1. The lowest BCUT2D eigenvalue weighted by molar-refractivity contribution is -0.141. The van der Waals surface area contributed by atoms with Crippen LogP contribution in [-0.2, 0) is 10.9 Å². The van der Waals surface area contributed by atoms with Crippen LogP contribution in [-0.4, -0.2) is 22.8 Å². The monoisotopic (exact) mass is 220 g/mol. The molecule has 1 aromatic heterocycles. The zero-order chi connectivity index (χ0) is 10.9. The molecule has 0 N–H and O–H groups in total. The van der Waals surface area contributed by atoms with E-state index >= 15 is 0 Å². The van der Waals surface area contributed by atoms with Gasteiger partial charge in [-0.1, -0.05) is 0 Å². The predicted octanol–water partition coefficient (Wildman–Crippen LogP) is 2.25. The van der Waals surface area contributed by atoms with Crippen LogP contribution in [0.3, 0.4) is 0 Å². The third-order valence-corrected chi connectivity index (χ3v) is 2.50. The molecule has 1 fully saturated rings. The van der Waals surface area contributed by atoms with Gasteiger partial charge in [0.15, 0.2) is 5.69 Å². The van der Waals surface area contributed by atoms with Crippen molar-refractivity contribution in [1.82, 2.24) is 9.55 Å². The van der Waals surface area contributed by atoms with Gasteiger partial charge in [-0.25, -0.2) is 4.98 Å². The van der Waals surface area contributed by atoms with Crippen LogP contribution < -0.4 is 0 Å². The van der Waals surface area contributed by atoms with Gasteiger partial charge < -0.3 is 9.30 Å². The van der Waals surface area contributed by atoms with E-state index < -0.39 is 11.9 Å². The molecule has 1 aromatic rings. The molecule has 15 heavy (non-hydrogen) atoms. The highest BCUT2D eigenvalue weighted by Gasteiger charge is 2.34. The van der Waals surface area contributed by atoms with E-state index in [2.05, 4.69) is 4.98 Å². The number of aromatic nitrogens is 2. The molecule has 0 atom stereocenters. The van der Waals surface area contributed by atoms with Crippen LogP contribution in [0.1, 0.15) is 24.6 Å². The molecule has 0 spiro atoms. The topological polar surface area (TPSA) is 27.1 Å². The quantitative estimate of drug-likeness (QED) is 0.725. The number of halogens is 3. The Hall–Kier alpha value is -1.04. The van der Waals surface area contributed by atoms with Crippen LogP contribution >= 0.6 is 0 Å². The zero-order valence-corrected chi connectivity index (χ0v) is 8.00. The molecule has 2 heterocycles. The summed E-state index contributed by atoms with van der Waals surface area (Å²) in [5.41, 5.74) is -0.825. The largest absolute Gasteiger partial charge is 0.434 e. The molecule has 1 saturated heterocycles. The molecule has 1 aliphatic rings. The summed E-state index contributed by atoms with van der Waals surface area (Å²) in [6, 6.07) is 0.0855. The first kappa shape index (κ1) is 10.5. The molecule has 3 nitrogen and oxygen atoms in total. The van der Waals surface area contributed by atoms with E-state index in [4.69, 9.17) is 4.74 Å². The van der Waals surface area contributed by atoms with Crippen molar-refractivity contribution in [1.29, 1.82) is 0 Å². The summed E-state index contributed by atoms with van der Waals surface area (Å²) in [6.07, 6.45) is -0.549. The maximum Gasteiger partial charge on any atom is 0.434 e. The third kappa shape index (κ3) is 2.31. The highest BCUT2D eigenvalue weighted by atomic mass is 19.4. The fourth-order valence-electron chi connectivity index (χ4n) is 1.67. The van der Waals surface area contributed by atoms with E-state index in [9.17, 15) is 13.2 Å². The number of ether oxygens (including phenoxy) is 1. The molecule has 1 aliphatic heterocycles. The molecular weight excluding hydrogens is 209 g/mol. The van der Waals surface area contributed by atoms with E-state index in [1.807, 2.05) is 0 Å². The van der Waals surface area contributed by atoms with Crippen LogP contribution in [0.5, 0.6) is 0 Å². The van der Waals surface area contributed by atoms with Gasteiger partial charge in [-0.15, -0.1) is 0 Å². The van der Waals surface area contributed by atoms with Crippen molar-refractivity contribution in [2.24, 2.45) is 0 Å². The molecule has 0 radical (unpaired) electrons. The van der Waals surface area contributed by atoms with E-state index in [0.29, 0.717) is 13.2 Å². The van der Waals surface area contributed by atoms with Crippen molar-refractivity contribution in [2.75, 3.05) is 13.2 Å². The van der Waals surface area contributed by atoms with Gasteiger partial charge in [-0.3, -0.25) is 0 Å². The molecule has 0 aliphatic carbocycles. The van der Waals surface area contributed by atoms with E-state index in [0.717, 1.165) is 19.0 Å². The van der Waals surface area contributed by atoms with Crippen molar-refractivity contribution < 1.29 is 17.9 Å². The lowest BCUT2D eigenvalue weighted by Crippen LogP contribution is -2.18. The molecule has 0 bridgehead atoms. The van der Waals surface area contributed by atoms with Crippen LogP contribution in [0.4, 0.5) is 13.2 Å². The summed E-state index contributed by atoms with van der Waals surface area (Å²) in [5.74, 6) is 0. The first-order valence-corrected chi connectivity index (χ1v) is 4.76. The second-order valence-electron chi connectivity index (χ2n) is 3.55. The average Bonchev–Trinajstić information content (AvgIpc) is 2.67. The smallest absolute Gasteiger partial charge is 0.381 e. The molecule has 0 aromatic carbocycles. The Morgan fingerprint density at radius 1 is 1.33 bits per heavy atom. The Labute approximate surface area is 84.9 Å². The second kappa shape index (κ2) is 3.84. The molecule has 0 amide bonds. The normalized spacial score (nSPS) is 19.4. The highest BCUT2D eigenvalue weighted by Crippen LogP contribution is 2.29. The van der Waals surface area contributed by atoms with Gasteiger partial charge in [-0.05, 0) is 12.8 Å². The highest BCUT2D eigenvalue weighted by molar-refractivity contribution is 5.02. The third-order valence-electron chi connectivity index (χ3n) is 2.50. The second-order valence-corrected chi connectivity index (χ2v) is 3.55. The Morgan fingerprint density at radius 2 is 2.00 bits per heavy atom. The van der Waals surface area contributed by atoms with Gasteiger partial charge in [0.1, 0.15) is 0 Å². The van der Waals surface area contributed by atoms with Gasteiger partial charge in [-0.2, -0.15) is 13.2 Å². The number of hydrogen-bond acceptors (Lipinski definition) is 2. The van der Waals surface area contributed by atoms with Crippen molar-refractivity contribution in [2.45, 2.75) is 25.1 Å². The first-order valence-electron chi connectivity index (χ1n) is 4.76. The Kier molecular flexibility index (Phi) is 2.68. The fraction of sp³-hybridized carbons (Fsp3) is 0.667. The Bertz CT molecular complexity index is 328. The Balaban J connectivity index is 2.12. The van der Waals surface area contributed by atoms with E-state index in [-0.39, 0.29) is 6.04 Å². The van der Waals surface area contributed by atoms with E-state index in [1.165, 1.54) is 10.9 Å². The molecular formula is C9H11F3N2O. The van der Waals surface area contributed by atoms with Gasteiger partial charge in [0.25, 0.3) is 0 Å². The summed E-state index contributed by atoms with van der Waals surface area (Å²) in [4.78, 5) is 3.36. The summed E-state index contributed by atoms with van der Waals surface area (Å²) >= 11 is 0. The number of rotatable bonds is 1. The molecule has 0 saturated carbocycles. The number of alkyl halides is 3. The summed E-state index contributed by atoms with van der Waals surface area (Å²) in [7, 11) is 0. The lowest BCUT2D eigenvalue weighted by Gasteiger charge is -2.22. The van der Waals surface area contributed by atoms with Crippen LogP contribution in [0.15, 0.2) is 12.5 Å². The van der Waals surface area contributed by atoms with Crippen molar-refractivity contribution in [3.05, 3.63) is 18.2 Å². The van der Waals surface area contributed by atoms with Gasteiger partial charge in [0.2, 0.25) is 0 Å². The summed E-state index contributed by atoms with van der Waals surface area (Å²) in [6.45, 7) is 1.20. The van der Waals surface area contributed by atoms with Gasteiger partial charge >= 0.3 is 6.18 Å². The zero-order valence-electron chi connectivity index (χ0n) is 8.00. The van der Waals surface area contributed by atoms with Gasteiger partial charge in [0.05, 0.1) is 6.33 Å². The molecule has 0 unspecified atom stereocenters. The lowest BCUT2D eigenvalue weighted by atomic mass is 10.1. The minimum atomic E-state index is -4.35. The van der Waals surface area contributed by atoms with Crippen LogP contribution in [0.25, 0.3) is 0 Å². The first-order chi connectivity index (χ1) is 7.07. The molecule has 2 rings (SSSR count). The molecule has 84 valence electrons. The van der Waals surface area contributed by atoms with Gasteiger partial charge in [0, 0.05) is 25.5 Å². The average molecular weight is 220 g/mol. The predicted molar refractivity (Wildman–Crippen MR) is 46.3 cm³/mol. The Morgan fingerprint density at radius 3 is 2.53 bits per heavy atom. The minimum Gasteiger partial charge on any atom is -0.381 e. The number of hydrogen-bond donors (Lipinski definition) is 0. The van der Waals surface area contributed by atoms with Crippen molar-refractivity contribution >= 4 is 0 Å². The standard InChI is InChI=1S/C9H11F3N2O/c10-9(11,12)8-5-14(6-13-8)7-1-3-15-4-2-7/h5-7H,1-4H2.